The number of hydrogen-bond acceptors (Lipinski definition) is 6. The molecule has 0 atom stereocenters. The van der Waals surface area contributed by atoms with Gasteiger partial charge in [0.2, 0.25) is 0 Å². The van der Waals surface area contributed by atoms with E-state index in [1.165, 1.54) is 26.0 Å². The maximum atomic E-state index is 14.2. The molecule has 1 N–H and O–H groups in total. The molecule has 1 aliphatic heterocycles. The second-order valence-corrected chi connectivity index (χ2v) is 8.14. The summed E-state index contributed by atoms with van der Waals surface area (Å²) in [5.41, 5.74) is -1.95. The van der Waals surface area contributed by atoms with Gasteiger partial charge in [-0.2, -0.15) is 13.2 Å². The Balaban J connectivity index is 1.92. The number of alkyl halides is 3. The first kappa shape index (κ1) is 23.8. The number of cyclic esters (lactones) is 2. The zero-order chi connectivity index (χ0) is 23.8. The lowest BCUT2D eigenvalue weighted by molar-refractivity contribution is -0.222. The monoisotopic (exact) mass is 569 g/mol. The summed E-state index contributed by atoms with van der Waals surface area (Å²) in [6.07, 6.45) is -3.99. The van der Waals surface area contributed by atoms with Crippen LogP contribution in [-0.4, -0.2) is 17.7 Å². The van der Waals surface area contributed by atoms with Crippen LogP contribution in [0.1, 0.15) is 19.4 Å². The first-order valence-electron chi connectivity index (χ1n) is 8.74. The van der Waals surface area contributed by atoms with Crippen molar-refractivity contribution in [2.24, 2.45) is 0 Å². The average Bonchev–Trinajstić information content (AvgIpc) is 2.63. The Morgan fingerprint density at radius 2 is 1.59 bits per heavy atom. The Labute approximate surface area is 191 Å². The van der Waals surface area contributed by atoms with Crippen LogP contribution in [0.2, 0.25) is 0 Å². The maximum absolute atomic E-state index is 14.2. The highest BCUT2D eigenvalue weighted by molar-refractivity contribution is 14.1. The molecule has 12 heteroatoms. The molecule has 170 valence electrons. The van der Waals surface area contributed by atoms with Crippen molar-refractivity contribution >= 4 is 40.2 Å². The summed E-state index contributed by atoms with van der Waals surface area (Å²) in [6.45, 7) is 2.73. The first-order valence-corrected chi connectivity index (χ1v) is 9.82. The minimum Gasteiger partial charge on any atom is -0.449 e. The first-order chi connectivity index (χ1) is 14.8. The van der Waals surface area contributed by atoms with Gasteiger partial charge >= 0.3 is 18.1 Å². The van der Waals surface area contributed by atoms with Gasteiger partial charge in [0, 0.05) is 23.6 Å². The molecule has 0 unspecified atom stereocenters. The van der Waals surface area contributed by atoms with Crippen LogP contribution in [0.3, 0.4) is 0 Å². The highest BCUT2D eigenvalue weighted by Gasteiger charge is 2.39. The van der Waals surface area contributed by atoms with Gasteiger partial charge in [-0.15, -0.1) is 0 Å². The normalized spacial score (nSPS) is 15.7. The van der Waals surface area contributed by atoms with Crippen molar-refractivity contribution in [2.75, 3.05) is 5.32 Å². The van der Waals surface area contributed by atoms with Crippen molar-refractivity contribution in [1.82, 2.24) is 0 Å². The van der Waals surface area contributed by atoms with Crippen LogP contribution in [0.5, 0.6) is 11.5 Å². The van der Waals surface area contributed by atoms with Gasteiger partial charge in [-0.25, -0.2) is 18.4 Å². The van der Waals surface area contributed by atoms with E-state index in [0.29, 0.717) is 3.57 Å². The van der Waals surface area contributed by atoms with E-state index >= 15 is 0 Å². The van der Waals surface area contributed by atoms with Crippen molar-refractivity contribution < 1.29 is 45.8 Å². The fraction of sp³-hybridized carbons (Fsp3) is 0.200. The molecular weight excluding hydrogens is 556 g/mol. The van der Waals surface area contributed by atoms with E-state index in [1.54, 1.807) is 6.07 Å². The van der Waals surface area contributed by atoms with Crippen LogP contribution in [0.15, 0.2) is 42.1 Å². The predicted molar refractivity (Wildman–Crippen MR) is 109 cm³/mol. The Hall–Kier alpha value is -2.90. The van der Waals surface area contributed by atoms with Gasteiger partial charge < -0.3 is 19.5 Å². The fourth-order valence-electron chi connectivity index (χ4n) is 2.56. The molecule has 1 aliphatic rings. The number of benzene rings is 2. The summed E-state index contributed by atoms with van der Waals surface area (Å²) >= 11 is 1.87. The van der Waals surface area contributed by atoms with Gasteiger partial charge in [-0.3, -0.25) is 0 Å². The summed E-state index contributed by atoms with van der Waals surface area (Å²) < 4.78 is 82.3. The van der Waals surface area contributed by atoms with Crippen molar-refractivity contribution in [3.05, 3.63) is 62.9 Å². The molecule has 2 aromatic carbocycles. The molecule has 0 saturated carbocycles. The molecule has 1 fully saturated rings. The molecule has 1 saturated heterocycles. The number of rotatable bonds is 4. The summed E-state index contributed by atoms with van der Waals surface area (Å²) in [6, 6.07) is 4.51. The highest BCUT2D eigenvalue weighted by atomic mass is 127. The van der Waals surface area contributed by atoms with Crippen LogP contribution in [0, 0.1) is 15.2 Å². The number of esters is 2. The van der Waals surface area contributed by atoms with Gasteiger partial charge in [-0.1, -0.05) is 0 Å². The van der Waals surface area contributed by atoms with E-state index in [4.69, 9.17) is 14.2 Å². The van der Waals surface area contributed by atoms with Crippen LogP contribution < -0.4 is 10.1 Å². The number of hydrogen-bond donors (Lipinski definition) is 1. The topological polar surface area (TPSA) is 73.9 Å². The van der Waals surface area contributed by atoms with Crippen molar-refractivity contribution in [2.45, 2.75) is 25.8 Å². The lowest BCUT2D eigenvalue weighted by Gasteiger charge is -2.29. The number of anilines is 1. The SMILES string of the molecule is CC1(C)OC(=O)C(=CNc2ccc(I)cc2Oc2c(F)cc(C(F)(F)F)cc2F)C(=O)O1. The number of halogens is 6. The Kier molecular flexibility index (Phi) is 6.36. The second kappa shape index (κ2) is 8.56. The smallest absolute Gasteiger partial charge is 0.416 e. The molecule has 0 aliphatic carbocycles. The minimum atomic E-state index is -4.95. The van der Waals surface area contributed by atoms with Gasteiger partial charge in [0.15, 0.2) is 28.7 Å². The highest BCUT2D eigenvalue weighted by Crippen LogP contribution is 2.38. The molecule has 1 heterocycles. The zero-order valence-electron chi connectivity index (χ0n) is 16.3. The number of nitrogens with one attached hydrogen (secondary N) is 1. The third-order valence-corrected chi connectivity index (χ3v) is 4.64. The molecule has 0 amide bonds. The molecule has 0 aromatic heterocycles. The maximum Gasteiger partial charge on any atom is 0.416 e. The molecule has 2 aromatic rings. The molecule has 3 rings (SSSR count). The average molecular weight is 569 g/mol. The number of carbonyl (C=O) groups is 2. The van der Waals surface area contributed by atoms with Crippen molar-refractivity contribution in [1.29, 1.82) is 0 Å². The van der Waals surface area contributed by atoms with E-state index in [-0.39, 0.29) is 23.6 Å². The van der Waals surface area contributed by atoms with Gasteiger partial charge in [0.25, 0.3) is 5.79 Å². The number of ether oxygens (including phenoxy) is 3. The largest absolute Gasteiger partial charge is 0.449 e. The fourth-order valence-corrected chi connectivity index (χ4v) is 3.02. The van der Waals surface area contributed by atoms with Gasteiger partial charge in [0.1, 0.15) is 0 Å². The molecule has 0 bridgehead atoms. The third-order valence-electron chi connectivity index (χ3n) is 3.97. The quantitative estimate of drug-likeness (QED) is 0.172. The lowest BCUT2D eigenvalue weighted by Crippen LogP contribution is -2.42. The summed E-state index contributed by atoms with van der Waals surface area (Å²) in [5, 5.41) is 2.58. The Morgan fingerprint density at radius 3 is 2.12 bits per heavy atom. The van der Waals surface area contributed by atoms with Gasteiger partial charge in [-0.05, 0) is 52.9 Å². The Bertz CT molecular complexity index is 1080. The molecule has 6 nitrogen and oxygen atoms in total. The molecular formula is C20H13F5INO5. The molecule has 32 heavy (non-hydrogen) atoms. The van der Waals surface area contributed by atoms with Crippen molar-refractivity contribution in [3.8, 4) is 11.5 Å². The summed E-state index contributed by atoms with van der Waals surface area (Å²) in [4.78, 5) is 24.0. The van der Waals surface area contributed by atoms with Crippen LogP contribution in [0.25, 0.3) is 0 Å². The van der Waals surface area contributed by atoms with Crippen LogP contribution >= 0.6 is 22.6 Å². The van der Waals surface area contributed by atoms with E-state index in [0.717, 1.165) is 6.20 Å². The van der Waals surface area contributed by atoms with Gasteiger partial charge in [0.05, 0.1) is 11.3 Å². The lowest BCUT2D eigenvalue weighted by atomic mass is 10.2. The van der Waals surface area contributed by atoms with E-state index in [2.05, 4.69) is 5.32 Å². The summed E-state index contributed by atoms with van der Waals surface area (Å²) in [7, 11) is 0. The van der Waals surface area contributed by atoms with Crippen LogP contribution in [0.4, 0.5) is 27.6 Å². The van der Waals surface area contributed by atoms with E-state index in [1.807, 2.05) is 22.6 Å². The standard InChI is InChI=1S/C20H13F5INO5/c1-19(2)31-17(28)11(18(29)32-19)8-27-14-4-3-10(26)7-15(14)30-16-12(21)5-9(6-13(16)22)20(23,24)25/h3-8,27H,1-2H3. The van der Waals surface area contributed by atoms with E-state index < -0.39 is 52.4 Å². The molecule has 0 spiro atoms. The predicted octanol–water partition coefficient (Wildman–Crippen LogP) is 5.51. The van der Waals surface area contributed by atoms with Crippen molar-refractivity contribution in [3.63, 3.8) is 0 Å². The van der Waals surface area contributed by atoms with Crippen LogP contribution in [-0.2, 0) is 25.2 Å². The molecule has 0 radical (unpaired) electrons. The summed E-state index contributed by atoms with van der Waals surface area (Å²) in [5.74, 6) is -7.76. The number of carbonyl (C=O) groups excluding carboxylic acids is 2. The van der Waals surface area contributed by atoms with E-state index in [9.17, 15) is 31.5 Å². The zero-order valence-corrected chi connectivity index (χ0v) is 18.4. The second-order valence-electron chi connectivity index (χ2n) is 6.89. The minimum absolute atomic E-state index is 0.0436. The Morgan fingerprint density at radius 1 is 1.03 bits per heavy atom. The third kappa shape index (κ3) is 5.29.